The smallest absolute Gasteiger partial charge is 0.130 e. The molecule has 0 amide bonds. The van der Waals surface area contributed by atoms with E-state index in [0.29, 0.717) is 5.56 Å². The SMILES string of the molecule is CC(O)c1ccc(I)cc1F. The van der Waals surface area contributed by atoms with Gasteiger partial charge in [0.1, 0.15) is 5.82 Å². The molecule has 1 aromatic carbocycles. The van der Waals surface area contributed by atoms with E-state index in [2.05, 4.69) is 0 Å². The Kier molecular flexibility index (Phi) is 2.84. The molecule has 3 heteroatoms. The second-order valence-corrected chi connectivity index (χ2v) is 3.59. The van der Waals surface area contributed by atoms with Gasteiger partial charge in [-0.1, -0.05) is 6.07 Å². The third-order valence-corrected chi connectivity index (χ3v) is 2.08. The van der Waals surface area contributed by atoms with Gasteiger partial charge in [-0.2, -0.15) is 0 Å². The Labute approximate surface area is 78.4 Å². The van der Waals surface area contributed by atoms with Gasteiger partial charge in [0.25, 0.3) is 0 Å². The Hall–Kier alpha value is -0.160. The van der Waals surface area contributed by atoms with Gasteiger partial charge in [0, 0.05) is 9.13 Å². The summed E-state index contributed by atoms with van der Waals surface area (Å²) < 4.78 is 13.8. The summed E-state index contributed by atoms with van der Waals surface area (Å²) in [6, 6.07) is 4.77. The zero-order chi connectivity index (χ0) is 8.43. The summed E-state index contributed by atoms with van der Waals surface area (Å²) in [5, 5.41) is 9.05. The predicted octanol–water partition coefficient (Wildman–Crippen LogP) is 2.48. The fraction of sp³-hybridized carbons (Fsp3) is 0.250. The first-order valence-electron chi connectivity index (χ1n) is 3.24. The van der Waals surface area contributed by atoms with Crippen LogP contribution in [0.1, 0.15) is 18.6 Å². The third kappa shape index (κ3) is 2.13. The van der Waals surface area contributed by atoms with Crippen LogP contribution < -0.4 is 0 Å². The lowest BCUT2D eigenvalue weighted by Gasteiger charge is -2.05. The van der Waals surface area contributed by atoms with Crippen LogP contribution in [0, 0.1) is 9.39 Å². The van der Waals surface area contributed by atoms with Crippen molar-refractivity contribution in [3.05, 3.63) is 33.1 Å². The minimum absolute atomic E-state index is 0.341. The minimum atomic E-state index is -0.730. The fourth-order valence-corrected chi connectivity index (χ4v) is 1.29. The molecule has 11 heavy (non-hydrogen) atoms. The van der Waals surface area contributed by atoms with Gasteiger partial charge in [0.05, 0.1) is 6.10 Å². The van der Waals surface area contributed by atoms with Crippen LogP contribution >= 0.6 is 22.6 Å². The highest BCUT2D eigenvalue weighted by Crippen LogP contribution is 2.18. The van der Waals surface area contributed by atoms with Crippen LogP contribution in [0.25, 0.3) is 0 Å². The largest absolute Gasteiger partial charge is 0.389 e. The van der Waals surface area contributed by atoms with Crippen molar-refractivity contribution >= 4 is 22.6 Å². The van der Waals surface area contributed by atoms with Crippen LogP contribution in [0.15, 0.2) is 18.2 Å². The number of benzene rings is 1. The molecular weight excluding hydrogens is 258 g/mol. The van der Waals surface area contributed by atoms with E-state index in [-0.39, 0.29) is 5.82 Å². The second-order valence-electron chi connectivity index (χ2n) is 2.34. The summed E-state index contributed by atoms with van der Waals surface area (Å²) >= 11 is 2.02. The van der Waals surface area contributed by atoms with E-state index in [9.17, 15) is 4.39 Å². The zero-order valence-electron chi connectivity index (χ0n) is 6.01. The van der Waals surface area contributed by atoms with E-state index in [4.69, 9.17) is 5.11 Å². The van der Waals surface area contributed by atoms with Gasteiger partial charge in [-0.25, -0.2) is 4.39 Å². The first kappa shape index (κ1) is 8.93. The Bertz CT molecular complexity index is 260. The van der Waals surface area contributed by atoms with Gasteiger partial charge < -0.3 is 5.11 Å². The highest BCUT2D eigenvalue weighted by atomic mass is 127. The van der Waals surface area contributed by atoms with Crippen LogP contribution in [0.2, 0.25) is 0 Å². The molecule has 0 bridgehead atoms. The van der Waals surface area contributed by atoms with Crippen molar-refractivity contribution in [2.24, 2.45) is 0 Å². The molecule has 0 aliphatic heterocycles. The molecule has 1 nitrogen and oxygen atoms in total. The van der Waals surface area contributed by atoms with Crippen molar-refractivity contribution in [3.63, 3.8) is 0 Å². The van der Waals surface area contributed by atoms with Crippen LogP contribution in [0.4, 0.5) is 4.39 Å². The van der Waals surface area contributed by atoms with E-state index in [1.165, 1.54) is 6.07 Å². The van der Waals surface area contributed by atoms with Crippen molar-refractivity contribution in [1.29, 1.82) is 0 Å². The standard InChI is InChI=1S/C8H8FIO/c1-5(11)7-3-2-6(10)4-8(7)9/h2-5,11H,1H3. The number of aliphatic hydroxyl groups is 1. The van der Waals surface area contributed by atoms with Gasteiger partial charge in [0.2, 0.25) is 0 Å². The summed E-state index contributed by atoms with van der Waals surface area (Å²) in [7, 11) is 0. The van der Waals surface area contributed by atoms with Crippen molar-refractivity contribution < 1.29 is 9.50 Å². The van der Waals surface area contributed by atoms with E-state index >= 15 is 0 Å². The van der Waals surface area contributed by atoms with Gasteiger partial charge in [0.15, 0.2) is 0 Å². The lowest BCUT2D eigenvalue weighted by atomic mass is 10.1. The Morgan fingerprint density at radius 2 is 2.18 bits per heavy atom. The first-order chi connectivity index (χ1) is 5.11. The zero-order valence-corrected chi connectivity index (χ0v) is 8.17. The predicted molar refractivity (Wildman–Crippen MR) is 49.8 cm³/mol. The molecule has 0 saturated heterocycles. The van der Waals surface area contributed by atoms with Gasteiger partial charge in [-0.3, -0.25) is 0 Å². The summed E-state index contributed by atoms with van der Waals surface area (Å²) in [6.07, 6.45) is -0.730. The van der Waals surface area contributed by atoms with Crippen molar-refractivity contribution in [1.82, 2.24) is 0 Å². The Morgan fingerprint density at radius 1 is 1.55 bits per heavy atom. The number of halogens is 2. The molecule has 0 fully saturated rings. The summed E-state index contributed by atoms with van der Waals surface area (Å²) in [6.45, 7) is 1.55. The average Bonchev–Trinajstić information content (AvgIpc) is 1.85. The van der Waals surface area contributed by atoms with Crippen LogP contribution in [-0.4, -0.2) is 5.11 Å². The lowest BCUT2D eigenvalue weighted by Crippen LogP contribution is -1.95. The molecule has 60 valence electrons. The monoisotopic (exact) mass is 266 g/mol. The Balaban J connectivity index is 3.09. The third-order valence-electron chi connectivity index (χ3n) is 1.41. The number of hydrogen-bond donors (Lipinski definition) is 1. The van der Waals surface area contributed by atoms with Gasteiger partial charge in [-0.15, -0.1) is 0 Å². The quantitative estimate of drug-likeness (QED) is 0.774. The molecule has 1 N–H and O–H groups in total. The Morgan fingerprint density at radius 3 is 2.64 bits per heavy atom. The first-order valence-corrected chi connectivity index (χ1v) is 4.32. The van der Waals surface area contributed by atoms with Crippen LogP contribution in [-0.2, 0) is 0 Å². The van der Waals surface area contributed by atoms with E-state index in [0.717, 1.165) is 3.57 Å². The van der Waals surface area contributed by atoms with Crippen molar-refractivity contribution in [3.8, 4) is 0 Å². The molecule has 0 aliphatic carbocycles. The maximum absolute atomic E-state index is 12.9. The highest BCUT2D eigenvalue weighted by molar-refractivity contribution is 14.1. The molecule has 0 spiro atoms. The molecule has 1 aromatic rings. The maximum atomic E-state index is 12.9. The normalized spacial score (nSPS) is 13.1. The summed E-state index contributed by atoms with van der Waals surface area (Å²) in [5.74, 6) is -0.341. The molecule has 0 aromatic heterocycles. The average molecular weight is 266 g/mol. The minimum Gasteiger partial charge on any atom is -0.389 e. The van der Waals surface area contributed by atoms with E-state index < -0.39 is 6.10 Å². The molecule has 1 unspecified atom stereocenters. The molecule has 1 atom stereocenters. The summed E-state index contributed by atoms with van der Waals surface area (Å²) in [4.78, 5) is 0. The molecule has 1 rings (SSSR count). The maximum Gasteiger partial charge on any atom is 0.130 e. The van der Waals surface area contributed by atoms with E-state index in [1.54, 1.807) is 19.1 Å². The molecule has 0 aliphatic rings. The van der Waals surface area contributed by atoms with Gasteiger partial charge in [-0.05, 0) is 41.6 Å². The van der Waals surface area contributed by atoms with Crippen LogP contribution in [0.3, 0.4) is 0 Å². The van der Waals surface area contributed by atoms with E-state index in [1.807, 2.05) is 22.6 Å². The molecule has 0 heterocycles. The van der Waals surface area contributed by atoms with Crippen molar-refractivity contribution in [2.45, 2.75) is 13.0 Å². The fourth-order valence-electron chi connectivity index (χ4n) is 0.840. The number of rotatable bonds is 1. The summed E-state index contributed by atoms with van der Waals surface area (Å²) in [5.41, 5.74) is 0.352. The second kappa shape index (κ2) is 3.49. The molecular formula is C8H8FIO. The van der Waals surface area contributed by atoms with Crippen LogP contribution in [0.5, 0.6) is 0 Å². The lowest BCUT2D eigenvalue weighted by molar-refractivity contribution is 0.194. The number of hydrogen-bond acceptors (Lipinski definition) is 1. The molecule has 0 saturated carbocycles. The number of aliphatic hydroxyl groups excluding tert-OH is 1. The highest BCUT2D eigenvalue weighted by Gasteiger charge is 2.06. The van der Waals surface area contributed by atoms with Crippen molar-refractivity contribution in [2.75, 3.05) is 0 Å². The van der Waals surface area contributed by atoms with Gasteiger partial charge >= 0.3 is 0 Å². The molecule has 0 radical (unpaired) electrons. The topological polar surface area (TPSA) is 20.2 Å².